The molecule has 0 aliphatic heterocycles. The topological polar surface area (TPSA) is 70.2 Å². The van der Waals surface area contributed by atoms with Gasteiger partial charge in [0.25, 0.3) is 0 Å². The van der Waals surface area contributed by atoms with E-state index in [0.717, 1.165) is 10.9 Å². The van der Waals surface area contributed by atoms with Crippen LogP contribution in [0.1, 0.15) is 6.42 Å². The van der Waals surface area contributed by atoms with Gasteiger partial charge in [-0.2, -0.15) is 13.2 Å². The van der Waals surface area contributed by atoms with Crippen LogP contribution in [-0.4, -0.2) is 27.5 Å². The number of nitrogens with zero attached hydrogens (tertiary/aromatic N) is 3. The van der Waals surface area contributed by atoms with E-state index in [1.165, 1.54) is 7.05 Å². The van der Waals surface area contributed by atoms with Gasteiger partial charge in [-0.3, -0.25) is 14.8 Å². The molecule has 1 rings (SSSR count). The molecule has 0 aromatic carbocycles. The zero-order valence-electron chi connectivity index (χ0n) is 8.19. The van der Waals surface area contributed by atoms with Crippen molar-refractivity contribution in [1.29, 1.82) is 0 Å². The summed E-state index contributed by atoms with van der Waals surface area (Å²) in [6, 6.07) is 0. The van der Waals surface area contributed by atoms with Crippen molar-refractivity contribution in [3.8, 4) is 5.88 Å². The first-order valence-electron chi connectivity index (χ1n) is 4.17. The van der Waals surface area contributed by atoms with Crippen LogP contribution in [0.25, 0.3) is 0 Å². The van der Waals surface area contributed by atoms with Crippen molar-refractivity contribution in [2.45, 2.75) is 12.6 Å². The maximum atomic E-state index is 11.8. The number of nitro groups is 1. The van der Waals surface area contributed by atoms with Gasteiger partial charge in [0, 0.05) is 7.05 Å². The highest BCUT2D eigenvalue weighted by atomic mass is 19.4. The van der Waals surface area contributed by atoms with Gasteiger partial charge in [0.05, 0.1) is 18.0 Å². The highest BCUT2D eigenvalue weighted by molar-refractivity contribution is 5.38. The summed E-state index contributed by atoms with van der Waals surface area (Å²) in [5.41, 5.74) is -0.454. The Balaban J connectivity index is 2.63. The quantitative estimate of drug-likeness (QED) is 0.591. The van der Waals surface area contributed by atoms with E-state index in [4.69, 9.17) is 0 Å². The van der Waals surface area contributed by atoms with Crippen LogP contribution in [0.15, 0.2) is 6.20 Å². The van der Waals surface area contributed by atoms with Crippen molar-refractivity contribution in [2.75, 3.05) is 6.61 Å². The molecular formula is C7H8F3N3O3. The molecule has 0 radical (unpaired) electrons. The van der Waals surface area contributed by atoms with Crippen LogP contribution in [0.3, 0.4) is 0 Å². The number of halogens is 3. The normalized spacial score (nSPS) is 11.5. The van der Waals surface area contributed by atoms with Crippen molar-refractivity contribution in [1.82, 2.24) is 9.78 Å². The highest BCUT2D eigenvalue weighted by Gasteiger charge is 2.28. The summed E-state index contributed by atoms with van der Waals surface area (Å²) in [6.07, 6.45) is -4.48. The zero-order valence-corrected chi connectivity index (χ0v) is 8.19. The summed E-state index contributed by atoms with van der Waals surface area (Å²) >= 11 is 0. The minimum Gasteiger partial charge on any atom is -0.471 e. The molecule has 1 aromatic heterocycles. The molecule has 0 saturated carbocycles. The smallest absolute Gasteiger partial charge is 0.392 e. The van der Waals surface area contributed by atoms with Gasteiger partial charge in [0.1, 0.15) is 6.20 Å². The van der Waals surface area contributed by atoms with Crippen LogP contribution in [0, 0.1) is 10.1 Å². The number of hydrogen-bond acceptors (Lipinski definition) is 4. The number of rotatable bonds is 4. The van der Waals surface area contributed by atoms with Crippen molar-refractivity contribution >= 4 is 5.69 Å². The maximum absolute atomic E-state index is 11.8. The van der Waals surface area contributed by atoms with Crippen LogP contribution in [0.4, 0.5) is 18.9 Å². The van der Waals surface area contributed by atoms with Crippen molar-refractivity contribution in [3.63, 3.8) is 0 Å². The lowest BCUT2D eigenvalue weighted by atomic mass is 10.4. The Morgan fingerprint density at radius 1 is 1.62 bits per heavy atom. The average molecular weight is 239 g/mol. The molecule has 0 fully saturated rings. The van der Waals surface area contributed by atoms with Gasteiger partial charge in [0.2, 0.25) is 0 Å². The molecule has 9 heteroatoms. The van der Waals surface area contributed by atoms with Gasteiger partial charge < -0.3 is 4.74 Å². The van der Waals surface area contributed by atoms with E-state index < -0.39 is 35.7 Å². The third-order valence-corrected chi connectivity index (χ3v) is 1.60. The van der Waals surface area contributed by atoms with Crippen molar-refractivity contribution in [3.05, 3.63) is 16.3 Å². The van der Waals surface area contributed by atoms with Gasteiger partial charge >= 0.3 is 17.7 Å². The van der Waals surface area contributed by atoms with Gasteiger partial charge in [-0.1, -0.05) is 0 Å². The Morgan fingerprint density at radius 3 is 2.75 bits per heavy atom. The Morgan fingerprint density at radius 2 is 2.25 bits per heavy atom. The van der Waals surface area contributed by atoms with E-state index in [2.05, 4.69) is 9.84 Å². The first kappa shape index (κ1) is 12.3. The minimum absolute atomic E-state index is 0.406. The van der Waals surface area contributed by atoms with Gasteiger partial charge in [-0.25, -0.2) is 0 Å². The van der Waals surface area contributed by atoms with Crippen LogP contribution < -0.4 is 4.74 Å². The standard InChI is InChI=1S/C7H8F3N3O3/c1-12-4-5(13(14)15)6(11-12)16-3-2-7(8,9)10/h4H,2-3H2,1H3. The minimum atomic E-state index is -4.36. The number of aromatic nitrogens is 2. The summed E-state index contributed by atoms with van der Waals surface area (Å²) in [5, 5.41) is 14.0. The predicted molar refractivity (Wildman–Crippen MR) is 46.0 cm³/mol. The average Bonchev–Trinajstić information content (AvgIpc) is 2.44. The second-order valence-corrected chi connectivity index (χ2v) is 2.96. The fourth-order valence-corrected chi connectivity index (χ4v) is 0.947. The molecular weight excluding hydrogens is 231 g/mol. The molecule has 0 saturated heterocycles. The number of aryl methyl sites for hydroxylation is 1. The van der Waals surface area contributed by atoms with E-state index in [-0.39, 0.29) is 0 Å². The number of ether oxygens (including phenoxy) is 1. The SMILES string of the molecule is Cn1cc([N+](=O)[O-])c(OCCC(F)(F)F)n1. The third-order valence-electron chi connectivity index (χ3n) is 1.60. The summed E-state index contributed by atoms with van der Waals surface area (Å²) in [7, 11) is 1.41. The Hall–Kier alpha value is -1.80. The Kier molecular flexibility index (Phi) is 3.35. The molecule has 1 aromatic rings. The largest absolute Gasteiger partial charge is 0.471 e. The molecule has 0 aliphatic carbocycles. The first-order chi connectivity index (χ1) is 7.29. The van der Waals surface area contributed by atoms with Crippen LogP contribution in [-0.2, 0) is 7.05 Å². The molecule has 0 amide bonds. The van der Waals surface area contributed by atoms with Gasteiger partial charge in [-0.15, -0.1) is 5.10 Å². The predicted octanol–water partition coefficient (Wildman–Crippen LogP) is 1.66. The second kappa shape index (κ2) is 4.37. The number of alkyl halides is 3. The molecule has 90 valence electrons. The van der Waals surface area contributed by atoms with Crippen molar-refractivity contribution in [2.24, 2.45) is 7.05 Å². The maximum Gasteiger partial charge on any atom is 0.392 e. The Bertz CT molecular complexity index is 388. The molecule has 0 N–H and O–H groups in total. The highest BCUT2D eigenvalue weighted by Crippen LogP contribution is 2.25. The number of hydrogen-bond donors (Lipinski definition) is 0. The summed E-state index contributed by atoms with van der Waals surface area (Å²) in [5.74, 6) is -0.406. The van der Waals surface area contributed by atoms with Gasteiger partial charge in [0.15, 0.2) is 0 Å². The molecule has 16 heavy (non-hydrogen) atoms. The van der Waals surface area contributed by atoms with Crippen molar-refractivity contribution < 1.29 is 22.8 Å². The van der Waals surface area contributed by atoms with Crippen LogP contribution in [0.5, 0.6) is 5.88 Å². The lowest BCUT2D eigenvalue weighted by molar-refractivity contribution is -0.386. The molecule has 0 bridgehead atoms. The summed E-state index contributed by atoms with van der Waals surface area (Å²) < 4.78 is 41.0. The Labute approximate surface area is 87.8 Å². The summed E-state index contributed by atoms with van der Waals surface area (Å²) in [6.45, 7) is -0.693. The van der Waals surface area contributed by atoms with E-state index in [1.54, 1.807) is 0 Å². The van der Waals surface area contributed by atoms with E-state index in [9.17, 15) is 23.3 Å². The lowest BCUT2D eigenvalue weighted by Gasteiger charge is -2.05. The fraction of sp³-hybridized carbons (Fsp3) is 0.571. The molecule has 1 heterocycles. The zero-order chi connectivity index (χ0) is 12.3. The molecule has 0 unspecified atom stereocenters. The van der Waals surface area contributed by atoms with E-state index >= 15 is 0 Å². The monoisotopic (exact) mass is 239 g/mol. The molecule has 0 spiro atoms. The van der Waals surface area contributed by atoms with Crippen LogP contribution in [0.2, 0.25) is 0 Å². The first-order valence-corrected chi connectivity index (χ1v) is 4.17. The van der Waals surface area contributed by atoms with E-state index in [0.29, 0.717) is 0 Å². The van der Waals surface area contributed by atoms with Crippen LogP contribution >= 0.6 is 0 Å². The molecule has 0 atom stereocenters. The fourth-order valence-electron chi connectivity index (χ4n) is 0.947. The summed E-state index contributed by atoms with van der Waals surface area (Å²) in [4.78, 5) is 9.68. The van der Waals surface area contributed by atoms with Gasteiger partial charge in [-0.05, 0) is 0 Å². The lowest BCUT2D eigenvalue weighted by Crippen LogP contribution is -2.13. The second-order valence-electron chi connectivity index (χ2n) is 2.96. The third kappa shape index (κ3) is 3.41. The van der Waals surface area contributed by atoms with E-state index in [1.807, 2.05) is 0 Å². The molecule has 6 nitrogen and oxygen atoms in total. The molecule has 0 aliphatic rings.